The smallest absolute Gasteiger partial charge is 0.255 e. The third kappa shape index (κ3) is 2.41. The van der Waals surface area contributed by atoms with E-state index >= 15 is 0 Å². The monoisotopic (exact) mass is 235 g/mol. The van der Waals surface area contributed by atoms with Crippen molar-refractivity contribution >= 4 is 23.2 Å². The van der Waals surface area contributed by atoms with Gasteiger partial charge in [-0.3, -0.25) is 9.48 Å². The van der Waals surface area contributed by atoms with Crippen molar-refractivity contribution in [3.05, 3.63) is 47.2 Å². The molecule has 0 spiro atoms. The average molecular weight is 236 g/mol. The first-order valence-electron chi connectivity index (χ1n) is 4.71. The SMILES string of the molecule is Cn1cc(NC(=O)c2cccc(Cl)c2)cn1. The number of benzene rings is 1. The van der Waals surface area contributed by atoms with Gasteiger partial charge in [-0.15, -0.1) is 0 Å². The Kier molecular flexibility index (Phi) is 2.92. The molecule has 0 aliphatic rings. The second-order valence-electron chi connectivity index (χ2n) is 3.37. The molecule has 0 radical (unpaired) electrons. The summed E-state index contributed by atoms with van der Waals surface area (Å²) in [7, 11) is 1.79. The van der Waals surface area contributed by atoms with Gasteiger partial charge in [-0.05, 0) is 18.2 Å². The van der Waals surface area contributed by atoms with Gasteiger partial charge < -0.3 is 5.32 Å². The number of carbonyl (C=O) groups is 1. The van der Waals surface area contributed by atoms with Crippen LogP contribution in [0.4, 0.5) is 5.69 Å². The quantitative estimate of drug-likeness (QED) is 0.869. The summed E-state index contributed by atoms with van der Waals surface area (Å²) < 4.78 is 1.62. The van der Waals surface area contributed by atoms with E-state index in [-0.39, 0.29) is 5.91 Å². The molecule has 1 heterocycles. The summed E-state index contributed by atoms with van der Waals surface area (Å²) >= 11 is 5.80. The van der Waals surface area contributed by atoms with Crippen molar-refractivity contribution in [3.63, 3.8) is 0 Å². The summed E-state index contributed by atoms with van der Waals surface area (Å²) in [6, 6.07) is 6.79. The van der Waals surface area contributed by atoms with Gasteiger partial charge in [0.05, 0.1) is 11.9 Å². The Balaban J connectivity index is 2.14. The Morgan fingerprint density at radius 3 is 2.94 bits per heavy atom. The van der Waals surface area contributed by atoms with Crippen LogP contribution in [0.5, 0.6) is 0 Å². The van der Waals surface area contributed by atoms with Crippen molar-refractivity contribution in [2.45, 2.75) is 0 Å². The van der Waals surface area contributed by atoms with Gasteiger partial charge in [0.15, 0.2) is 0 Å². The first kappa shape index (κ1) is 10.7. The van der Waals surface area contributed by atoms with E-state index in [1.54, 1.807) is 48.4 Å². The van der Waals surface area contributed by atoms with Crippen LogP contribution < -0.4 is 5.32 Å². The Hall–Kier alpha value is -1.81. The molecule has 82 valence electrons. The molecule has 1 aromatic heterocycles. The van der Waals surface area contributed by atoms with E-state index in [2.05, 4.69) is 10.4 Å². The van der Waals surface area contributed by atoms with Crippen molar-refractivity contribution in [3.8, 4) is 0 Å². The van der Waals surface area contributed by atoms with Crippen molar-refractivity contribution in [1.29, 1.82) is 0 Å². The number of carbonyl (C=O) groups excluding carboxylic acids is 1. The van der Waals surface area contributed by atoms with Gasteiger partial charge in [0.1, 0.15) is 0 Å². The maximum Gasteiger partial charge on any atom is 0.255 e. The molecule has 1 aromatic carbocycles. The van der Waals surface area contributed by atoms with Crippen LogP contribution in [0.25, 0.3) is 0 Å². The van der Waals surface area contributed by atoms with Gasteiger partial charge in [-0.25, -0.2) is 0 Å². The molecular weight excluding hydrogens is 226 g/mol. The average Bonchev–Trinajstić information content (AvgIpc) is 2.64. The van der Waals surface area contributed by atoms with Crippen LogP contribution >= 0.6 is 11.6 Å². The van der Waals surface area contributed by atoms with Gasteiger partial charge in [-0.1, -0.05) is 17.7 Å². The molecule has 2 rings (SSSR count). The molecule has 0 aliphatic carbocycles. The minimum Gasteiger partial charge on any atom is -0.319 e. The number of hydrogen-bond donors (Lipinski definition) is 1. The first-order valence-corrected chi connectivity index (χ1v) is 5.08. The summed E-state index contributed by atoms with van der Waals surface area (Å²) in [4.78, 5) is 11.8. The van der Waals surface area contributed by atoms with Gasteiger partial charge in [-0.2, -0.15) is 5.10 Å². The van der Waals surface area contributed by atoms with Gasteiger partial charge in [0.25, 0.3) is 5.91 Å². The van der Waals surface area contributed by atoms with Crippen LogP contribution in [0.2, 0.25) is 5.02 Å². The molecule has 4 nitrogen and oxygen atoms in total. The second kappa shape index (κ2) is 4.37. The number of halogens is 1. The van der Waals surface area contributed by atoms with Crippen LogP contribution in [0.1, 0.15) is 10.4 Å². The Morgan fingerprint density at radius 1 is 1.50 bits per heavy atom. The van der Waals surface area contributed by atoms with Crippen LogP contribution in [-0.2, 0) is 7.05 Å². The van der Waals surface area contributed by atoms with Gasteiger partial charge >= 0.3 is 0 Å². The fraction of sp³-hybridized carbons (Fsp3) is 0.0909. The number of rotatable bonds is 2. The molecule has 0 saturated heterocycles. The minimum absolute atomic E-state index is 0.199. The maximum absolute atomic E-state index is 11.8. The number of nitrogens with one attached hydrogen (secondary N) is 1. The fourth-order valence-electron chi connectivity index (χ4n) is 1.32. The number of hydrogen-bond acceptors (Lipinski definition) is 2. The molecule has 0 fully saturated rings. The lowest BCUT2D eigenvalue weighted by molar-refractivity contribution is 0.102. The highest BCUT2D eigenvalue weighted by Gasteiger charge is 2.06. The van der Waals surface area contributed by atoms with E-state index in [9.17, 15) is 4.79 Å². The van der Waals surface area contributed by atoms with Crippen molar-refractivity contribution < 1.29 is 4.79 Å². The third-order valence-electron chi connectivity index (χ3n) is 2.05. The number of nitrogens with zero attached hydrogens (tertiary/aromatic N) is 2. The van der Waals surface area contributed by atoms with E-state index < -0.39 is 0 Å². The van der Waals surface area contributed by atoms with E-state index in [4.69, 9.17) is 11.6 Å². The standard InChI is InChI=1S/C11H10ClN3O/c1-15-7-10(6-13-15)14-11(16)8-3-2-4-9(12)5-8/h2-7H,1H3,(H,14,16). The second-order valence-corrected chi connectivity index (χ2v) is 3.80. The molecular formula is C11H10ClN3O. The molecule has 5 heteroatoms. The van der Waals surface area contributed by atoms with Crippen LogP contribution in [0, 0.1) is 0 Å². The number of anilines is 1. The van der Waals surface area contributed by atoms with Gasteiger partial charge in [0, 0.05) is 23.8 Å². The zero-order chi connectivity index (χ0) is 11.5. The lowest BCUT2D eigenvalue weighted by Crippen LogP contribution is -2.11. The van der Waals surface area contributed by atoms with E-state index in [1.807, 2.05) is 0 Å². The molecule has 16 heavy (non-hydrogen) atoms. The van der Waals surface area contributed by atoms with Crippen molar-refractivity contribution in [2.75, 3.05) is 5.32 Å². The molecule has 0 atom stereocenters. The van der Waals surface area contributed by atoms with Crippen LogP contribution in [-0.4, -0.2) is 15.7 Å². The predicted octanol–water partition coefficient (Wildman–Crippen LogP) is 2.33. The zero-order valence-electron chi connectivity index (χ0n) is 8.64. The molecule has 1 amide bonds. The molecule has 1 N–H and O–H groups in total. The lowest BCUT2D eigenvalue weighted by atomic mass is 10.2. The summed E-state index contributed by atoms with van der Waals surface area (Å²) in [5.41, 5.74) is 1.18. The Bertz CT molecular complexity index is 521. The minimum atomic E-state index is -0.199. The Morgan fingerprint density at radius 2 is 2.31 bits per heavy atom. The Labute approximate surface area is 97.8 Å². The highest BCUT2D eigenvalue weighted by Crippen LogP contribution is 2.12. The highest BCUT2D eigenvalue weighted by atomic mass is 35.5. The zero-order valence-corrected chi connectivity index (χ0v) is 9.40. The van der Waals surface area contributed by atoms with Crippen molar-refractivity contribution in [2.24, 2.45) is 7.05 Å². The molecule has 2 aromatic rings. The summed E-state index contributed by atoms with van der Waals surface area (Å²) in [6.07, 6.45) is 3.31. The molecule has 0 saturated carbocycles. The topological polar surface area (TPSA) is 46.9 Å². The molecule has 0 bridgehead atoms. The van der Waals surface area contributed by atoms with Crippen LogP contribution in [0.3, 0.4) is 0 Å². The molecule has 0 aliphatic heterocycles. The van der Waals surface area contributed by atoms with E-state index in [0.717, 1.165) is 0 Å². The van der Waals surface area contributed by atoms with Gasteiger partial charge in [0.2, 0.25) is 0 Å². The number of aromatic nitrogens is 2. The highest BCUT2D eigenvalue weighted by molar-refractivity contribution is 6.31. The maximum atomic E-state index is 11.8. The number of aryl methyl sites for hydroxylation is 1. The summed E-state index contributed by atoms with van der Waals surface area (Å²) in [5, 5.41) is 7.22. The third-order valence-corrected chi connectivity index (χ3v) is 2.28. The predicted molar refractivity (Wildman–Crippen MR) is 62.6 cm³/mol. The normalized spacial score (nSPS) is 10.1. The number of amides is 1. The van der Waals surface area contributed by atoms with Crippen molar-refractivity contribution in [1.82, 2.24) is 9.78 Å². The van der Waals surface area contributed by atoms with Crippen LogP contribution in [0.15, 0.2) is 36.7 Å². The summed E-state index contributed by atoms with van der Waals surface area (Å²) in [5.74, 6) is -0.199. The largest absolute Gasteiger partial charge is 0.319 e. The molecule has 0 unspecified atom stereocenters. The van der Waals surface area contributed by atoms with E-state index in [1.165, 1.54) is 0 Å². The summed E-state index contributed by atoms with van der Waals surface area (Å²) in [6.45, 7) is 0. The lowest BCUT2D eigenvalue weighted by Gasteiger charge is -2.02. The van der Waals surface area contributed by atoms with E-state index in [0.29, 0.717) is 16.3 Å². The first-order chi connectivity index (χ1) is 7.65. The fourth-order valence-corrected chi connectivity index (χ4v) is 1.51.